The standard InChI is InChI=1S/C10H13ClN2O2/c11-9-8(3-6-15-9)10(14)13-4-1-7(12)2-5-13/h3,6-7H,1-2,4-5,12H2. The van der Waals surface area contributed by atoms with Crippen LogP contribution in [-0.2, 0) is 0 Å². The van der Waals surface area contributed by atoms with E-state index in [0.717, 1.165) is 12.8 Å². The molecule has 0 aliphatic carbocycles. The summed E-state index contributed by atoms with van der Waals surface area (Å²) in [5.74, 6) is -0.0688. The molecule has 0 unspecified atom stereocenters. The summed E-state index contributed by atoms with van der Waals surface area (Å²) in [7, 11) is 0. The Balaban J connectivity index is 2.06. The first kappa shape index (κ1) is 10.5. The maximum Gasteiger partial charge on any atom is 0.258 e. The first-order valence-corrected chi connectivity index (χ1v) is 5.34. The van der Waals surface area contributed by atoms with Crippen molar-refractivity contribution in [2.24, 2.45) is 5.73 Å². The van der Waals surface area contributed by atoms with E-state index >= 15 is 0 Å². The Kier molecular flexibility index (Phi) is 2.98. The van der Waals surface area contributed by atoms with Gasteiger partial charge in [0, 0.05) is 19.1 Å². The fraction of sp³-hybridized carbons (Fsp3) is 0.500. The smallest absolute Gasteiger partial charge is 0.258 e. The zero-order valence-electron chi connectivity index (χ0n) is 8.28. The van der Waals surface area contributed by atoms with Gasteiger partial charge in [-0.2, -0.15) is 0 Å². The number of hydrogen-bond donors (Lipinski definition) is 1. The number of halogens is 1. The molecule has 4 nitrogen and oxygen atoms in total. The minimum atomic E-state index is -0.0688. The number of nitrogens with two attached hydrogens (primary N) is 1. The van der Waals surface area contributed by atoms with E-state index in [-0.39, 0.29) is 17.2 Å². The van der Waals surface area contributed by atoms with Crippen molar-refractivity contribution >= 4 is 17.5 Å². The van der Waals surface area contributed by atoms with E-state index in [1.807, 2.05) is 0 Å². The van der Waals surface area contributed by atoms with Gasteiger partial charge in [-0.3, -0.25) is 4.79 Å². The summed E-state index contributed by atoms with van der Waals surface area (Å²) in [5, 5.41) is 0.162. The lowest BCUT2D eigenvalue weighted by Gasteiger charge is -2.29. The Morgan fingerprint density at radius 3 is 2.73 bits per heavy atom. The molecule has 0 saturated carbocycles. The lowest BCUT2D eigenvalue weighted by molar-refractivity contribution is 0.0714. The largest absolute Gasteiger partial charge is 0.452 e. The maximum atomic E-state index is 11.9. The van der Waals surface area contributed by atoms with Crippen molar-refractivity contribution in [3.8, 4) is 0 Å². The van der Waals surface area contributed by atoms with Crippen LogP contribution in [0.5, 0.6) is 0 Å². The van der Waals surface area contributed by atoms with Gasteiger partial charge in [0.25, 0.3) is 5.91 Å². The summed E-state index contributed by atoms with van der Waals surface area (Å²) in [4.78, 5) is 13.7. The molecule has 0 bridgehead atoms. The number of carbonyl (C=O) groups excluding carboxylic acids is 1. The Hall–Kier alpha value is -1.00. The monoisotopic (exact) mass is 228 g/mol. The zero-order chi connectivity index (χ0) is 10.8. The molecule has 1 saturated heterocycles. The van der Waals surface area contributed by atoms with Crippen molar-refractivity contribution in [1.82, 2.24) is 4.90 Å². The third kappa shape index (κ3) is 2.16. The van der Waals surface area contributed by atoms with Crippen molar-refractivity contribution in [2.45, 2.75) is 18.9 Å². The normalized spacial score (nSPS) is 18.1. The number of carbonyl (C=O) groups is 1. The van der Waals surface area contributed by atoms with Crippen molar-refractivity contribution in [1.29, 1.82) is 0 Å². The van der Waals surface area contributed by atoms with Crippen molar-refractivity contribution in [3.05, 3.63) is 23.1 Å². The molecule has 0 aromatic carbocycles. The van der Waals surface area contributed by atoms with Crippen LogP contribution in [0.15, 0.2) is 16.7 Å². The van der Waals surface area contributed by atoms with Crippen LogP contribution < -0.4 is 5.73 Å². The fourth-order valence-electron chi connectivity index (χ4n) is 1.72. The summed E-state index contributed by atoms with van der Waals surface area (Å²) >= 11 is 5.74. The number of likely N-dealkylation sites (tertiary alicyclic amines) is 1. The van der Waals surface area contributed by atoms with Gasteiger partial charge in [-0.15, -0.1) is 0 Å². The highest BCUT2D eigenvalue weighted by Gasteiger charge is 2.24. The fourth-order valence-corrected chi connectivity index (χ4v) is 1.91. The predicted octanol–water partition coefficient (Wildman–Crippen LogP) is 1.50. The molecule has 2 rings (SSSR count). The lowest BCUT2D eigenvalue weighted by Crippen LogP contribution is -2.42. The Labute approximate surface area is 93.0 Å². The van der Waals surface area contributed by atoms with Crippen LogP contribution in [0.2, 0.25) is 5.22 Å². The van der Waals surface area contributed by atoms with E-state index in [4.69, 9.17) is 21.8 Å². The minimum Gasteiger partial charge on any atom is -0.452 e. The van der Waals surface area contributed by atoms with Gasteiger partial charge < -0.3 is 15.1 Å². The van der Waals surface area contributed by atoms with Crippen LogP contribution in [0.3, 0.4) is 0 Å². The second kappa shape index (κ2) is 4.24. The molecular formula is C10H13ClN2O2. The van der Waals surface area contributed by atoms with Crippen molar-refractivity contribution in [3.63, 3.8) is 0 Å². The number of furan rings is 1. The molecule has 82 valence electrons. The highest BCUT2D eigenvalue weighted by Crippen LogP contribution is 2.20. The molecule has 1 aliphatic heterocycles. The Morgan fingerprint density at radius 2 is 2.20 bits per heavy atom. The summed E-state index contributed by atoms with van der Waals surface area (Å²) in [6.45, 7) is 1.39. The number of amides is 1. The van der Waals surface area contributed by atoms with Gasteiger partial charge in [-0.05, 0) is 30.5 Å². The molecule has 1 aromatic heterocycles. The van der Waals surface area contributed by atoms with Gasteiger partial charge in [0.2, 0.25) is 5.22 Å². The molecule has 5 heteroatoms. The predicted molar refractivity (Wildman–Crippen MR) is 56.8 cm³/mol. The number of nitrogens with zero attached hydrogens (tertiary/aromatic N) is 1. The van der Waals surface area contributed by atoms with E-state index < -0.39 is 0 Å². The Bertz CT molecular complexity index is 356. The van der Waals surface area contributed by atoms with E-state index in [0.29, 0.717) is 18.7 Å². The van der Waals surface area contributed by atoms with Gasteiger partial charge >= 0.3 is 0 Å². The number of rotatable bonds is 1. The third-order valence-corrected chi connectivity index (χ3v) is 2.97. The van der Waals surface area contributed by atoms with Crippen LogP contribution in [0, 0.1) is 0 Å². The molecule has 0 atom stereocenters. The van der Waals surface area contributed by atoms with Crippen LogP contribution in [0.1, 0.15) is 23.2 Å². The number of hydrogen-bond acceptors (Lipinski definition) is 3. The summed E-state index contributed by atoms with van der Waals surface area (Å²) in [5.41, 5.74) is 6.20. The lowest BCUT2D eigenvalue weighted by atomic mass is 10.1. The first-order valence-electron chi connectivity index (χ1n) is 4.96. The second-order valence-corrected chi connectivity index (χ2v) is 4.08. The molecular weight excluding hydrogens is 216 g/mol. The molecule has 1 fully saturated rings. The topological polar surface area (TPSA) is 59.5 Å². The zero-order valence-corrected chi connectivity index (χ0v) is 9.04. The third-order valence-electron chi connectivity index (χ3n) is 2.68. The van der Waals surface area contributed by atoms with Crippen molar-refractivity contribution in [2.75, 3.05) is 13.1 Å². The highest BCUT2D eigenvalue weighted by atomic mass is 35.5. The van der Waals surface area contributed by atoms with Crippen LogP contribution in [0.4, 0.5) is 0 Å². The molecule has 1 amide bonds. The molecule has 1 aromatic rings. The van der Waals surface area contributed by atoms with Gasteiger partial charge in [0.1, 0.15) is 0 Å². The van der Waals surface area contributed by atoms with E-state index in [2.05, 4.69) is 0 Å². The number of piperidine rings is 1. The average molecular weight is 229 g/mol. The summed E-state index contributed by atoms with van der Waals surface area (Å²) < 4.78 is 4.89. The second-order valence-electron chi connectivity index (χ2n) is 3.74. The van der Waals surface area contributed by atoms with E-state index in [9.17, 15) is 4.79 Å². The van der Waals surface area contributed by atoms with Gasteiger partial charge in [0.05, 0.1) is 11.8 Å². The summed E-state index contributed by atoms with van der Waals surface area (Å²) in [6, 6.07) is 1.81. The first-order chi connectivity index (χ1) is 7.18. The molecule has 0 radical (unpaired) electrons. The SMILES string of the molecule is NC1CCN(C(=O)c2ccoc2Cl)CC1. The van der Waals surface area contributed by atoms with E-state index in [1.165, 1.54) is 6.26 Å². The minimum absolute atomic E-state index is 0.0688. The molecule has 0 spiro atoms. The van der Waals surface area contributed by atoms with Gasteiger partial charge in [-0.25, -0.2) is 0 Å². The van der Waals surface area contributed by atoms with Gasteiger partial charge in [-0.1, -0.05) is 0 Å². The van der Waals surface area contributed by atoms with E-state index in [1.54, 1.807) is 11.0 Å². The average Bonchev–Trinajstić information content (AvgIpc) is 2.65. The molecule has 2 heterocycles. The molecule has 2 N–H and O–H groups in total. The Morgan fingerprint density at radius 1 is 1.53 bits per heavy atom. The molecule has 1 aliphatic rings. The quantitative estimate of drug-likeness (QED) is 0.793. The molecule has 15 heavy (non-hydrogen) atoms. The highest BCUT2D eigenvalue weighted by molar-refractivity contribution is 6.32. The van der Waals surface area contributed by atoms with Gasteiger partial charge in [0.15, 0.2) is 0 Å². The van der Waals surface area contributed by atoms with Crippen LogP contribution in [0.25, 0.3) is 0 Å². The maximum absolute atomic E-state index is 11.9. The van der Waals surface area contributed by atoms with Crippen molar-refractivity contribution < 1.29 is 9.21 Å². The van der Waals surface area contributed by atoms with Crippen LogP contribution >= 0.6 is 11.6 Å². The van der Waals surface area contributed by atoms with Crippen LogP contribution in [-0.4, -0.2) is 29.9 Å². The summed E-state index contributed by atoms with van der Waals surface area (Å²) in [6.07, 6.45) is 3.12.